The Morgan fingerprint density at radius 1 is 1.06 bits per heavy atom. The third-order valence-corrected chi connectivity index (χ3v) is 6.75. The van der Waals surface area contributed by atoms with E-state index in [9.17, 15) is 4.79 Å². The molecule has 0 aliphatic carbocycles. The van der Waals surface area contributed by atoms with Gasteiger partial charge >= 0.3 is 0 Å². The molecule has 1 aromatic carbocycles. The van der Waals surface area contributed by atoms with E-state index in [2.05, 4.69) is 32.5 Å². The molecule has 1 aliphatic rings. The average Bonchev–Trinajstić information content (AvgIpc) is 3.48. The van der Waals surface area contributed by atoms with Gasteiger partial charge in [0.1, 0.15) is 5.01 Å². The van der Waals surface area contributed by atoms with Crippen LogP contribution in [0.1, 0.15) is 16.1 Å². The second-order valence-corrected chi connectivity index (χ2v) is 9.70. The van der Waals surface area contributed by atoms with Gasteiger partial charge in [-0.15, -0.1) is 11.3 Å². The van der Waals surface area contributed by atoms with Gasteiger partial charge in [0, 0.05) is 61.8 Å². The fourth-order valence-electron chi connectivity index (χ4n) is 4.22. The van der Waals surface area contributed by atoms with Gasteiger partial charge in [-0.1, -0.05) is 36.4 Å². The zero-order chi connectivity index (χ0) is 24.0. The molecule has 1 unspecified atom stereocenters. The van der Waals surface area contributed by atoms with Crippen LogP contribution in [0.15, 0.2) is 72.6 Å². The number of amides is 1. The molecule has 1 atom stereocenters. The summed E-state index contributed by atoms with van der Waals surface area (Å²) in [7, 11) is 1.88. The fraction of sp³-hybridized carbons (Fsp3) is 0.308. The quantitative estimate of drug-likeness (QED) is 0.379. The Labute approximate surface area is 208 Å². The molecule has 0 bridgehead atoms. The predicted molar refractivity (Wildman–Crippen MR) is 134 cm³/mol. The SMILES string of the molecule is Cn1cc(CN2CC(OCc3cccnc3)CN(Cc3nc(-c4ccccc4)cs3)CC2=O)cn1. The number of thiazole rings is 1. The molecule has 5 rings (SSSR count). The maximum atomic E-state index is 13.2. The maximum absolute atomic E-state index is 13.2. The van der Waals surface area contributed by atoms with Crippen molar-refractivity contribution < 1.29 is 9.53 Å². The van der Waals surface area contributed by atoms with Crippen molar-refractivity contribution in [3.63, 3.8) is 0 Å². The summed E-state index contributed by atoms with van der Waals surface area (Å²) >= 11 is 1.63. The normalized spacial score (nSPS) is 17.0. The zero-order valence-corrected chi connectivity index (χ0v) is 20.5. The highest BCUT2D eigenvalue weighted by atomic mass is 32.1. The van der Waals surface area contributed by atoms with Crippen molar-refractivity contribution in [1.29, 1.82) is 0 Å². The number of benzene rings is 1. The van der Waals surface area contributed by atoms with E-state index in [4.69, 9.17) is 9.72 Å². The molecule has 0 radical (unpaired) electrons. The molecule has 180 valence electrons. The van der Waals surface area contributed by atoms with Crippen LogP contribution in [0.25, 0.3) is 11.3 Å². The second kappa shape index (κ2) is 10.9. The van der Waals surface area contributed by atoms with Crippen molar-refractivity contribution in [1.82, 2.24) is 29.5 Å². The number of hydrogen-bond donors (Lipinski definition) is 0. The lowest BCUT2D eigenvalue weighted by Gasteiger charge is -2.24. The molecule has 1 fully saturated rings. The maximum Gasteiger partial charge on any atom is 0.237 e. The Morgan fingerprint density at radius 3 is 2.71 bits per heavy atom. The van der Waals surface area contributed by atoms with Crippen LogP contribution < -0.4 is 0 Å². The van der Waals surface area contributed by atoms with E-state index in [0.29, 0.717) is 39.3 Å². The van der Waals surface area contributed by atoms with Crippen molar-refractivity contribution in [3.8, 4) is 11.3 Å². The van der Waals surface area contributed by atoms with Crippen LogP contribution in [-0.4, -0.2) is 61.2 Å². The van der Waals surface area contributed by atoms with Gasteiger partial charge < -0.3 is 9.64 Å². The van der Waals surface area contributed by atoms with Crippen molar-refractivity contribution in [2.75, 3.05) is 19.6 Å². The van der Waals surface area contributed by atoms with Gasteiger partial charge in [0.05, 0.1) is 37.7 Å². The number of carbonyl (C=O) groups is 1. The molecule has 0 N–H and O–H groups in total. The summed E-state index contributed by atoms with van der Waals surface area (Å²) in [6.45, 7) is 3.08. The number of ether oxygens (including phenoxy) is 1. The van der Waals surface area contributed by atoms with Crippen LogP contribution in [0.3, 0.4) is 0 Å². The lowest BCUT2D eigenvalue weighted by atomic mass is 10.2. The summed E-state index contributed by atoms with van der Waals surface area (Å²) < 4.78 is 8.06. The molecule has 4 aromatic rings. The molecule has 0 spiro atoms. The van der Waals surface area contributed by atoms with Crippen LogP contribution in [0.2, 0.25) is 0 Å². The standard InChI is InChI=1S/C26H28N6O2S/c1-30-12-21(11-28-30)13-32-15-23(34-18-20-6-5-9-27-10-20)14-31(17-26(32)33)16-25-29-24(19-35-25)22-7-3-2-4-8-22/h2-12,19,23H,13-18H2,1H3. The molecular weight excluding hydrogens is 460 g/mol. The van der Waals surface area contributed by atoms with Gasteiger partial charge in [-0.05, 0) is 11.6 Å². The van der Waals surface area contributed by atoms with Gasteiger partial charge in [-0.2, -0.15) is 5.10 Å². The summed E-state index contributed by atoms with van der Waals surface area (Å²) in [5, 5.41) is 7.31. The summed E-state index contributed by atoms with van der Waals surface area (Å²) in [4.78, 5) is 26.3. The molecule has 1 aliphatic heterocycles. The molecule has 3 aromatic heterocycles. The van der Waals surface area contributed by atoms with Crippen LogP contribution in [-0.2, 0) is 36.3 Å². The van der Waals surface area contributed by atoms with Crippen molar-refractivity contribution in [3.05, 3.63) is 88.8 Å². The first-order valence-corrected chi connectivity index (χ1v) is 12.5. The lowest BCUT2D eigenvalue weighted by Crippen LogP contribution is -2.37. The highest BCUT2D eigenvalue weighted by Crippen LogP contribution is 2.23. The van der Waals surface area contributed by atoms with Crippen LogP contribution in [0.4, 0.5) is 0 Å². The molecule has 35 heavy (non-hydrogen) atoms. The first kappa shape index (κ1) is 23.3. The molecule has 9 heteroatoms. The van der Waals surface area contributed by atoms with Gasteiger partial charge in [0.25, 0.3) is 0 Å². The molecule has 8 nitrogen and oxygen atoms in total. The number of aryl methyl sites for hydroxylation is 1. The smallest absolute Gasteiger partial charge is 0.237 e. The molecule has 0 saturated carbocycles. The van der Waals surface area contributed by atoms with Crippen molar-refractivity contribution in [2.45, 2.75) is 25.8 Å². The molecule has 1 amide bonds. The highest BCUT2D eigenvalue weighted by Gasteiger charge is 2.29. The van der Waals surface area contributed by atoms with E-state index in [1.807, 2.05) is 60.9 Å². The van der Waals surface area contributed by atoms with Crippen LogP contribution >= 0.6 is 11.3 Å². The third kappa shape index (κ3) is 6.19. The number of carbonyl (C=O) groups excluding carboxylic acids is 1. The Bertz CT molecular complexity index is 1240. The number of aromatic nitrogens is 4. The Hall–Kier alpha value is -3.40. The predicted octanol–water partition coefficient (Wildman–Crippen LogP) is 3.37. The van der Waals surface area contributed by atoms with Crippen LogP contribution in [0, 0.1) is 0 Å². The largest absolute Gasteiger partial charge is 0.370 e. The Morgan fingerprint density at radius 2 is 1.94 bits per heavy atom. The number of rotatable bonds is 8. The molecule has 4 heterocycles. The average molecular weight is 489 g/mol. The van der Waals surface area contributed by atoms with Crippen LogP contribution in [0.5, 0.6) is 0 Å². The lowest BCUT2D eigenvalue weighted by molar-refractivity contribution is -0.132. The number of nitrogens with zero attached hydrogens (tertiary/aromatic N) is 6. The number of pyridine rings is 1. The van der Waals surface area contributed by atoms with Gasteiger partial charge in [-0.3, -0.25) is 19.4 Å². The minimum atomic E-state index is -0.133. The van der Waals surface area contributed by atoms with E-state index in [1.54, 1.807) is 22.2 Å². The zero-order valence-electron chi connectivity index (χ0n) is 19.7. The van der Waals surface area contributed by atoms with E-state index >= 15 is 0 Å². The van der Waals surface area contributed by atoms with Gasteiger partial charge in [-0.25, -0.2) is 4.98 Å². The monoisotopic (exact) mass is 488 g/mol. The highest BCUT2D eigenvalue weighted by molar-refractivity contribution is 7.09. The topological polar surface area (TPSA) is 76.4 Å². The Kier molecular flexibility index (Phi) is 7.27. The second-order valence-electron chi connectivity index (χ2n) is 8.75. The first-order valence-electron chi connectivity index (χ1n) is 11.6. The minimum Gasteiger partial charge on any atom is -0.370 e. The summed E-state index contributed by atoms with van der Waals surface area (Å²) in [5.41, 5.74) is 4.09. The van der Waals surface area contributed by atoms with E-state index in [0.717, 1.165) is 27.4 Å². The summed E-state index contributed by atoms with van der Waals surface area (Å²) in [5.74, 6) is 0.0844. The molecule has 1 saturated heterocycles. The van der Waals surface area contributed by atoms with Crippen molar-refractivity contribution >= 4 is 17.2 Å². The molecular formula is C26H28N6O2S. The number of hydrogen-bond acceptors (Lipinski definition) is 7. The van der Waals surface area contributed by atoms with E-state index in [-0.39, 0.29) is 12.0 Å². The first-order chi connectivity index (χ1) is 17.1. The Balaban J connectivity index is 1.30. The third-order valence-electron chi connectivity index (χ3n) is 5.92. The van der Waals surface area contributed by atoms with Gasteiger partial charge in [0.15, 0.2) is 0 Å². The van der Waals surface area contributed by atoms with Gasteiger partial charge in [0.2, 0.25) is 5.91 Å². The van der Waals surface area contributed by atoms with E-state index < -0.39 is 0 Å². The minimum absolute atomic E-state index is 0.0844. The fourth-order valence-corrected chi connectivity index (χ4v) is 5.06. The summed E-state index contributed by atoms with van der Waals surface area (Å²) in [6.07, 6.45) is 7.19. The summed E-state index contributed by atoms with van der Waals surface area (Å²) in [6, 6.07) is 14.1. The van der Waals surface area contributed by atoms with E-state index in [1.165, 1.54) is 0 Å². The van der Waals surface area contributed by atoms with Crippen molar-refractivity contribution in [2.24, 2.45) is 7.05 Å².